The van der Waals surface area contributed by atoms with E-state index >= 15 is 0 Å². The Morgan fingerprint density at radius 3 is 2.62 bits per heavy atom. The molecule has 1 aliphatic heterocycles. The standard InChI is InChI=1S/C16H19N3O4S/c1-11-10-15(18-23-11)16-4-3-9-19(16)24(21,22)14-7-5-13(6-8-14)17-12(2)20/h5-8,10,16H,3-4,9H2,1-2H3,(H,17,20)/t16-/m0/s1. The minimum Gasteiger partial charge on any atom is -0.361 e. The molecule has 0 unspecified atom stereocenters. The minimum atomic E-state index is -3.63. The first-order valence-electron chi connectivity index (χ1n) is 7.70. The molecular formula is C16H19N3O4S. The van der Waals surface area contributed by atoms with E-state index in [9.17, 15) is 13.2 Å². The second-order valence-electron chi connectivity index (χ2n) is 5.84. The van der Waals surface area contributed by atoms with Crippen LogP contribution in [0.1, 0.15) is 37.3 Å². The van der Waals surface area contributed by atoms with Crippen molar-refractivity contribution in [2.75, 3.05) is 11.9 Å². The predicted octanol–water partition coefficient (Wildman–Crippen LogP) is 2.47. The molecule has 24 heavy (non-hydrogen) atoms. The third-order valence-electron chi connectivity index (χ3n) is 3.97. The van der Waals surface area contributed by atoms with Crippen LogP contribution in [0.15, 0.2) is 39.8 Å². The number of nitrogens with one attached hydrogen (secondary N) is 1. The van der Waals surface area contributed by atoms with Crippen molar-refractivity contribution in [3.63, 3.8) is 0 Å². The van der Waals surface area contributed by atoms with Crippen molar-refractivity contribution in [3.8, 4) is 0 Å². The fourth-order valence-electron chi connectivity index (χ4n) is 2.91. The molecule has 1 atom stereocenters. The molecule has 1 aromatic heterocycles. The van der Waals surface area contributed by atoms with Crippen LogP contribution < -0.4 is 5.32 Å². The fraction of sp³-hybridized carbons (Fsp3) is 0.375. The predicted molar refractivity (Wildman–Crippen MR) is 87.9 cm³/mol. The molecule has 1 amide bonds. The number of aromatic nitrogens is 1. The molecule has 0 spiro atoms. The number of hydrogen-bond donors (Lipinski definition) is 1. The Labute approximate surface area is 140 Å². The first kappa shape index (κ1) is 16.7. The molecule has 8 heteroatoms. The van der Waals surface area contributed by atoms with Gasteiger partial charge in [-0.15, -0.1) is 0 Å². The van der Waals surface area contributed by atoms with E-state index in [1.807, 2.05) is 0 Å². The summed E-state index contributed by atoms with van der Waals surface area (Å²) in [5, 5.41) is 6.59. The zero-order valence-electron chi connectivity index (χ0n) is 13.5. The molecule has 3 rings (SSSR count). The summed E-state index contributed by atoms with van der Waals surface area (Å²) >= 11 is 0. The third-order valence-corrected chi connectivity index (χ3v) is 5.89. The van der Waals surface area contributed by atoms with E-state index in [0.29, 0.717) is 23.7 Å². The summed E-state index contributed by atoms with van der Waals surface area (Å²) in [6.45, 7) is 3.64. The van der Waals surface area contributed by atoms with E-state index in [2.05, 4.69) is 10.5 Å². The number of rotatable bonds is 4. The molecule has 1 aromatic carbocycles. The van der Waals surface area contributed by atoms with Gasteiger partial charge in [0.05, 0.1) is 10.9 Å². The van der Waals surface area contributed by atoms with E-state index in [1.165, 1.54) is 23.4 Å². The highest BCUT2D eigenvalue weighted by atomic mass is 32.2. The van der Waals surface area contributed by atoms with Crippen LogP contribution >= 0.6 is 0 Å². The minimum absolute atomic E-state index is 0.198. The van der Waals surface area contributed by atoms with Crippen molar-refractivity contribution in [3.05, 3.63) is 41.8 Å². The van der Waals surface area contributed by atoms with Crippen molar-refractivity contribution >= 4 is 21.6 Å². The smallest absolute Gasteiger partial charge is 0.243 e. The van der Waals surface area contributed by atoms with Gasteiger partial charge in [-0.25, -0.2) is 8.42 Å². The number of amides is 1. The summed E-state index contributed by atoms with van der Waals surface area (Å²) in [5.41, 5.74) is 1.20. The lowest BCUT2D eigenvalue weighted by molar-refractivity contribution is -0.114. The molecular weight excluding hydrogens is 330 g/mol. The molecule has 1 fully saturated rings. The molecule has 0 aliphatic carbocycles. The lowest BCUT2D eigenvalue weighted by atomic mass is 10.1. The summed E-state index contributed by atoms with van der Waals surface area (Å²) in [4.78, 5) is 11.3. The van der Waals surface area contributed by atoms with Crippen molar-refractivity contribution in [2.24, 2.45) is 0 Å². The monoisotopic (exact) mass is 349 g/mol. The van der Waals surface area contributed by atoms with Crippen LogP contribution in [0.2, 0.25) is 0 Å². The topological polar surface area (TPSA) is 92.5 Å². The molecule has 0 saturated carbocycles. The average molecular weight is 349 g/mol. The van der Waals surface area contributed by atoms with Crippen LogP contribution in [-0.4, -0.2) is 30.3 Å². The second-order valence-corrected chi connectivity index (χ2v) is 7.73. The number of carbonyl (C=O) groups is 1. The van der Waals surface area contributed by atoms with Gasteiger partial charge in [0.25, 0.3) is 0 Å². The quantitative estimate of drug-likeness (QED) is 0.915. The molecule has 1 saturated heterocycles. The van der Waals surface area contributed by atoms with Gasteiger partial charge in [-0.05, 0) is 44.0 Å². The molecule has 2 heterocycles. The van der Waals surface area contributed by atoms with E-state index in [4.69, 9.17) is 4.52 Å². The number of nitrogens with zero attached hydrogens (tertiary/aromatic N) is 2. The first-order chi connectivity index (χ1) is 11.4. The first-order valence-corrected chi connectivity index (χ1v) is 9.14. The van der Waals surface area contributed by atoms with E-state index in [-0.39, 0.29) is 16.8 Å². The fourth-order valence-corrected chi connectivity index (χ4v) is 4.58. The largest absolute Gasteiger partial charge is 0.361 e. The van der Waals surface area contributed by atoms with Crippen LogP contribution in [-0.2, 0) is 14.8 Å². The molecule has 0 radical (unpaired) electrons. The Morgan fingerprint density at radius 2 is 2.04 bits per heavy atom. The van der Waals surface area contributed by atoms with Crippen molar-refractivity contribution in [1.82, 2.24) is 9.46 Å². The molecule has 1 aliphatic rings. The molecule has 7 nitrogen and oxygen atoms in total. The van der Waals surface area contributed by atoms with Gasteiger partial charge in [-0.2, -0.15) is 4.31 Å². The van der Waals surface area contributed by atoms with E-state index in [0.717, 1.165) is 12.8 Å². The maximum atomic E-state index is 12.9. The van der Waals surface area contributed by atoms with Gasteiger partial charge >= 0.3 is 0 Å². The lowest BCUT2D eigenvalue weighted by Gasteiger charge is -2.22. The maximum absolute atomic E-state index is 12.9. The Bertz CT molecular complexity index is 842. The molecule has 0 bridgehead atoms. The number of hydrogen-bond acceptors (Lipinski definition) is 5. The van der Waals surface area contributed by atoms with Gasteiger partial charge in [-0.3, -0.25) is 4.79 Å². The van der Waals surface area contributed by atoms with Crippen molar-refractivity contribution < 1.29 is 17.7 Å². The van der Waals surface area contributed by atoms with Crippen LogP contribution in [0.4, 0.5) is 5.69 Å². The zero-order valence-corrected chi connectivity index (χ0v) is 14.3. The SMILES string of the molecule is CC(=O)Nc1ccc(S(=O)(=O)N2CCC[C@H]2c2cc(C)on2)cc1. The van der Waals surface area contributed by atoms with Gasteiger partial charge in [-0.1, -0.05) is 5.16 Å². The highest BCUT2D eigenvalue weighted by molar-refractivity contribution is 7.89. The molecule has 1 N–H and O–H groups in total. The van der Waals surface area contributed by atoms with Crippen LogP contribution in [0.25, 0.3) is 0 Å². The zero-order chi connectivity index (χ0) is 17.3. The van der Waals surface area contributed by atoms with E-state index in [1.54, 1.807) is 25.1 Å². The number of carbonyl (C=O) groups excluding carboxylic acids is 1. The van der Waals surface area contributed by atoms with Gasteiger partial charge in [0.2, 0.25) is 15.9 Å². The summed E-state index contributed by atoms with van der Waals surface area (Å²) in [7, 11) is -3.63. The normalized spacial score (nSPS) is 18.7. The van der Waals surface area contributed by atoms with E-state index < -0.39 is 10.0 Å². The lowest BCUT2D eigenvalue weighted by Crippen LogP contribution is -2.30. The van der Waals surface area contributed by atoms with Crippen LogP contribution in [0.3, 0.4) is 0 Å². The van der Waals surface area contributed by atoms with Gasteiger partial charge in [0.15, 0.2) is 0 Å². The van der Waals surface area contributed by atoms with Gasteiger partial charge in [0, 0.05) is 25.2 Å². The Hall–Kier alpha value is -2.19. The summed E-state index contributed by atoms with van der Waals surface area (Å²) in [6.07, 6.45) is 1.49. The summed E-state index contributed by atoms with van der Waals surface area (Å²) in [5.74, 6) is 0.459. The number of benzene rings is 1. The number of sulfonamides is 1. The third kappa shape index (κ3) is 3.20. The van der Waals surface area contributed by atoms with Crippen LogP contribution in [0, 0.1) is 6.92 Å². The van der Waals surface area contributed by atoms with Gasteiger partial charge in [0.1, 0.15) is 11.5 Å². The Balaban J connectivity index is 1.87. The highest BCUT2D eigenvalue weighted by Gasteiger charge is 2.37. The molecule has 128 valence electrons. The Kier molecular flexibility index (Phi) is 4.42. The number of anilines is 1. The van der Waals surface area contributed by atoms with Crippen LogP contribution in [0.5, 0.6) is 0 Å². The van der Waals surface area contributed by atoms with Crippen molar-refractivity contribution in [1.29, 1.82) is 0 Å². The second kappa shape index (κ2) is 6.37. The van der Waals surface area contributed by atoms with Gasteiger partial charge < -0.3 is 9.84 Å². The van der Waals surface area contributed by atoms with Crippen molar-refractivity contribution in [2.45, 2.75) is 37.6 Å². The molecule has 2 aromatic rings. The average Bonchev–Trinajstić information content (AvgIpc) is 3.15. The summed E-state index contributed by atoms with van der Waals surface area (Å²) < 4.78 is 32.4. The highest BCUT2D eigenvalue weighted by Crippen LogP contribution is 2.36. The summed E-state index contributed by atoms with van der Waals surface area (Å²) in [6, 6.07) is 7.65. The number of aryl methyl sites for hydroxylation is 1. The Morgan fingerprint density at radius 1 is 1.33 bits per heavy atom. The maximum Gasteiger partial charge on any atom is 0.243 e.